The first-order valence-electron chi connectivity index (χ1n) is 5.43. The summed E-state index contributed by atoms with van der Waals surface area (Å²) >= 11 is 3.09. The van der Waals surface area contributed by atoms with Crippen LogP contribution >= 0.6 is 15.9 Å². The van der Waals surface area contributed by atoms with Crippen LogP contribution in [0.5, 0.6) is 0 Å². The van der Waals surface area contributed by atoms with Crippen LogP contribution in [0.2, 0.25) is 0 Å². The fraction of sp³-hybridized carbons (Fsp3) is 0.500. The average Bonchev–Trinajstić information content (AvgIpc) is 2.29. The highest BCUT2D eigenvalue weighted by molar-refractivity contribution is 9.10. The van der Waals surface area contributed by atoms with Gasteiger partial charge in [-0.1, -0.05) is 22.0 Å². The van der Waals surface area contributed by atoms with Crippen LogP contribution in [0, 0.1) is 0 Å². The van der Waals surface area contributed by atoms with Crippen LogP contribution < -0.4 is 0 Å². The summed E-state index contributed by atoms with van der Waals surface area (Å²) in [5.74, 6) is -0.0477. The molecule has 1 saturated heterocycles. The fourth-order valence-corrected chi connectivity index (χ4v) is 2.50. The molecule has 1 aromatic carbocycles. The van der Waals surface area contributed by atoms with Gasteiger partial charge in [0.2, 0.25) is 0 Å². The molecule has 5 heteroatoms. The van der Waals surface area contributed by atoms with Crippen molar-refractivity contribution >= 4 is 15.9 Å². The number of ether oxygens (including phenoxy) is 1. The first kappa shape index (κ1) is 12.9. The Bertz CT molecular complexity index is 397. The molecule has 1 aliphatic heterocycles. The first-order valence-corrected chi connectivity index (χ1v) is 6.22. The Balaban J connectivity index is 2.38. The number of hydrogen-bond donors (Lipinski definition) is 0. The maximum atomic E-state index is 12.9. The van der Waals surface area contributed by atoms with Crippen LogP contribution in [-0.2, 0) is 10.9 Å². The second-order valence-corrected chi connectivity index (χ2v) is 5.03. The zero-order valence-corrected chi connectivity index (χ0v) is 10.6. The lowest BCUT2D eigenvalue weighted by Gasteiger charge is -2.25. The van der Waals surface area contributed by atoms with E-state index in [9.17, 15) is 13.2 Å². The second-order valence-electron chi connectivity index (χ2n) is 4.12. The zero-order chi connectivity index (χ0) is 12.5. The number of rotatable bonds is 1. The van der Waals surface area contributed by atoms with E-state index in [2.05, 4.69) is 15.9 Å². The summed E-state index contributed by atoms with van der Waals surface area (Å²) in [5, 5.41) is 0. The molecule has 0 aromatic heterocycles. The lowest BCUT2D eigenvalue weighted by atomic mass is 9.88. The highest BCUT2D eigenvalue weighted by Gasteiger charge is 2.35. The minimum Gasteiger partial charge on any atom is -0.381 e. The molecule has 0 unspecified atom stereocenters. The van der Waals surface area contributed by atoms with Gasteiger partial charge in [-0.15, -0.1) is 0 Å². The van der Waals surface area contributed by atoms with Crippen LogP contribution in [0.15, 0.2) is 22.7 Å². The van der Waals surface area contributed by atoms with Crippen LogP contribution in [0.25, 0.3) is 0 Å². The zero-order valence-electron chi connectivity index (χ0n) is 9.06. The molecule has 1 heterocycles. The van der Waals surface area contributed by atoms with E-state index in [4.69, 9.17) is 4.74 Å². The smallest absolute Gasteiger partial charge is 0.381 e. The molecule has 94 valence electrons. The molecule has 0 radical (unpaired) electrons. The molecule has 0 N–H and O–H groups in total. The minimum absolute atomic E-state index is 0.0477. The molecule has 1 aliphatic rings. The highest BCUT2D eigenvalue weighted by Crippen LogP contribution is 2.39. The lowest BCUT2D eigenvalue weighted by Crippen LogP contribution is -2.18. The van der Waals surface area contributed by atoms with Crippen molar-refractivity contribution in [3.63, 3.8) is 0 Å². The van der Waals surface area contributed by atoms with Crippen molar-refractivity contribution < 1.29 is 17.9 Å². The van der Waals surface area contributed by atoms with Crippen LogP contribution in [0.1, 0.15) is 29.9 Å². The molecular weight excluding hydrogens is 297 g/mol. The van der Waals surface area contributed by atoms with E-state index in [0.717, 1.165) is 6.07 Å². The Kier molecular flexibility index (Phi) is 3.78. The molecule has 0 amide bonds. The highest BCUT2D eigenvalue weighted by atomic mass is 79.9. The van der Waals surface area contributed by atoms with Gasteiger partial charge in [0.1, 0.15) is 0 Å². The summed E-state index contributed by atoms with van der Waals surface area (Å²) < 4.78 is 44.4. The standard InChI is InChI=1S/C12H12BrF3O/c13-9-1-2-10(8-3-5-17-6-4-8)11(7-9)12(14,15)16/h1-2,7-8H,3-6H2. The van der Waals surface area contributed by atoms with Gasteiger partial charge in [0.25, 0.3) is 0 Å². The Hall–Kier alpha value is -0.550. The molecular formula is C12H12BrF3O. The maximum absolute atomic E-state index is 12.9. The van der Waals surface area contributed by atoms with Gasteiger partial charge in [-0.25, -0.2) is 0 Å². The van der Waals surface area contributed by atoms with Gasteiger partial charge in [-0.3, -0.25) is 0 Å². The molecule has 0 saturated carbocycles. The fourth-order valence-electron chi connectivity index (χ4n) is 2.14. The maximum Gasteiger partial charge on any atom is 0.416 e. The van der Waals surface area contributed by atoms with Crippen LogP contribution in [0.4, 0.5) is 13.2 Å². The largest absolute Gasteiger partial charge is 0.416 e. The van der Waals surface area contributed by atoms with Crippen molar-refractivity contribution in [3.8, 4) is 0 Å². The normalized spacial score (nSPS) is 18.4. The van der Waals surface area contributed by atoms with E-state index in [-0.39, 0.29) is 5.92 Å². The van der Waals surface area contributed by atoms with Crippen LogP contribution in [0.3, 0.4) is 0 Å². The SMILES string of the molecule is FC(F)(F)c1cc(Br)ccc1C1CCOCC1. The number of halogens is 4. The van der Waals surface area contributed by atoms with Gasteiger partial charge in [-0.2, -0.15) is 13.2 Å². The van der Waals surface area contributed by atoms with E-state index in [1.165, 1.54) is 0 Å². The molecule has 0 aliphatic carbocycles. The van der Waals surface area contributed by atoms with Crippen molar-refractivity contribution in [1.29, 1.82) is 0 Å². The van der Waals surface area contributed by atoms with E-state index < -0.39 is 11.7 Å². The van der Waals surface area contributed by atoms with Crippen molar-refractivity contribution in [1.82, 2.24) is 0 Å². The third-order valence-corrected chi connectivity index (χ3v) is 3.48. The quantitative estimate of drug-likeness (QED) is 0.749. The third-order valence-electron chi connectivity index (χ3n) is 2.98. The van der Waals surface area contributed by atoms with Gasteiger partial charge < -0.3 is 4.74 Å². The summed E-state index contributed by atoms with van der Waals surface area (Å²) in [6.07, 6.45) is -2.98. The summed E-state index contributed by atoms with van der Waals surface area (Å²) in [4.78, 5) is 0. The van der Waals surface area contributed by atoms with E-state index in [1.807, 2.05) is 0 Å². The second kappa shape index (κ2) is 4.98. The Labute approximate surface area is 106 Å². The molecule has 1 fully saturated rings. The number of alkyl halides is 3. The van der Waals surface area contributed by atoms with E-state index >= 15 is 0 Å². The van der Waals surface area contributed by atoms with Gasteiger partial charge in [0.05, 0.1) is 5.56 Å². The van der Waals surface area contributed by atoms with Crippen molar-refractivity contribution in [2.45, 2.75) is 24.9 Å². The molecule has 0 bridgehead atoms. The number of benzene rings is 1. The predicted molar refractivity (Wildman–Crippen MR) is 61.9 cm³/mol. The van der Waals surface area contributed by atoms with Crippen molar-refractivity contribution in [3.05, 3.63) is 33.8 Å². The van der Waals surface area contributed by atoms with Crippen molar-refractivity contribution in [2.24, 2.45) is 0 Å². The van der Waals surface area contributed by atoms with Gasteiger partial charge in [0.15, 0.2) is 0 Å². The third kappa shape index (κ3) is 3.01. The van der Waals surface area contributed by atoms with E-state index in [0.29, 0.717) is 36.1 Å². The summed E-state index contributed by atoms with van der Waals surface area (Å²) in [7, 11) is 0. The molecule has 1 nitrogen and oxygen atoms in total. The Morgan fingerprint density at radius 1 is 1.18 bits per heavy atom. The summed E-state index contributed by atoms with van der Waals surface area (Å²) in [6.45, 7) is 1.08. The van der Waals surface area contributed by atoms with Crippen LogP contribution in [-0.4, -0.2) is 13.2 Å². The number of hydrogen-bond acceptors (Lipinski definition) is 1. The minimum atomic E-state index is -4.29. The van der Waals surface area contributed by atoms with Crippen molar-refractivity contribution in [2.75, 3.05) is 13.2 Å². The summed E-state index contributed by atoms with van der Waals surface area (Å²) in [5.41, 5.74) is -0.136. The topological polar surface area (TPSA) is 9.23 Å². The molecule has 2 rings (SSSR count). The van der Waals surface area contributed by atoms with Gasteiger partial charge >= 0.3 is 6.18 Å². The molecule has 17 heavy (non-hydrogen) atoms. The average molecular weight is 309 g/mol. The lowest BCUT2D eigenvalue weighted by molar-refractivity contribution is -0.138. The van der Waals surface area contributed by atoms with Gasteiger partial charge in [0, 0.05) is 17.7 Å². The molecule has 0 atom stereocenters. The van der Waals surface area contributed by atoms with E-state index in [1.54, 1.807) is 12.1 Å². The molecule has 1 aromatic rings. The monoisotopic (exact) mass is 308 g/mol. The Morgan fingerprint density at radius 3 is 2.41 bits per heavy atom. The predicted octanol–water partition coefficient (Wildman–Crippen LogP) is 4.36. The summed E-state index contributed by atoms with van der Waals surface area (Å²) in [6, 6.07) is 4.40. The Morgan fingerprint density at radius 2 is 1.82 bits per heavy atom. The molecule has 0 spiro atoms. The van der Waals surface area contributed by atoms with Gasteiger partial charge in [-0.05, 0) is 36.5 Å². The first-order chi connectivity index (χ1) is 7.98.